The van der Waals surface area contributed by atoms with E-state index in [0.717, 1.165) is 10.9 Å². The third kappa shape index (κ3) is 3.16. The predicted octanol–water partition coefficient (Wildman–Crippen LogP) is 3.57. The molecule has 3 rings (SSSR count). The number of nitrogens with zero attached hydrogens (tertiary/aromatic N) is 4. The molecule has 1 amide bonds. The lowest BCUT2D eigenvalue weighted by atomic mass is 10.3. The zero-order valence-corrected chi connectivity index (χ0v) is 14.6. The Morgan fingerprint density at radius 1 is 1.25 bits per heavy atom. The Hall–Kier alpha value is -2.31. The monoisotopic (exact) mass is 363 g/mol. The number of anilines is 2. The smallest absolute Gasteiger partial charge is 0.241 e. The van der Waals surface area contributed by atoms with Crippen molar-refractivity contribution in [1.82, 2.24) is 19.4 Å². The third-order valence-corrected chi connectivity index (χ3v) is 4.17. The zero-order chi connectivity index (χ0) is 17.3. The summed E-state index contributed by atoms with van der Waals surface area (Å²) in [4.78, 5) is 21.8. The standard InChI is InChI=1S/C16H15Cl2N5O/c1-22(2)14(24)9-23-6-4-10-13(23)3-5-20-16(10)21-15-11(17)7-19-8-12(15)18/h3-8H,9H2,1-2H3,(H,19,20,21). The van der Waals surface area contributed by atoms with Crippen LogP contribution in [0.3, 0.4) is 0 Å². The number of carbonyl (C=O) groups is 1. The first-order chi connectivity index (χ1) is 11.5. The average molecular weight is 364 g/mol. The maximum atomic E-state index is 12.0. The fourth-order valence-electron chi connectivity index (χ4n) is 2.30. The maximum Gasteiger partial charge on any atom is 0.241 e. The summed E-state index contributed by atoms with van der Waals surface area (Å²) in [6.45, 7) is 0.261. The topological polar surface area (TPSA) is 63.1 Å². The van der Waals surface area contributed by atoms with Crippen molar-refractivity contribution < 1.29 is 4.79 Å². The molecule has 0 aliphatic rings. The van der Waals surface area contributed by atoms with Crippen LogP contribution in [-0.4, -0.2) is 39.4 Å². The molecule has 0 unspecified atom stereocenters. The number of hydrogen-bond donors (Lipinski definition) is 1. The van der Waals surface area contributed by atoms with Crippen molar-refractivity contribution in [3.63, 3.8) is 0 Å². The number of pyridine rings is 2. The second-order valence-corrected chi connectivity index (χ2v) is 6.24. The summed E-state index contributed by atoms with van der Waals surface area (Å²) in [5.74, 6) is 0.623. The molecule has 0 saturated carbocycles. The van der Waals surface area contributed by atoms with Gasteiger partial charge in [0.15, 0.2) is 0 Å². The van der Waals surface area contributed by atoms with Gasteiger partial charge in [0, 0.05) is 44.3 Å². The van der Waals surface area contributed by atoms with Crippen molar-refractivity contribution >= 4 is 51.5 Å². The lowest BCUT2D eigenvalue weighted by molar-refractivity contribution is -0.129. The number of rotatable bonds is 4. The molecule has 3 aromatic rings. The first-order valence-corrected chi connectivity index (χ1v) is 7.93. The van der Waals surface area contributed by atoms with E-state index in [1.807, 2.05) is 22.9 Å². The Morgan fingerprint density at radius 2 is 1.96 bits per heavy atom. The highest BCUT2D eigenvalue weighted by Crippen LogP contribution is 2.33. The van der Waals surface area contributed by atoms with E-state index in [1.165, 1.54) is 12.4 Å². The van der Waals surface area contributed by atoms with E-state index in [9.17, 15) is 4.79 Å². The van der Waals surface area contributed by atoms with E-state index in [0.29, 0.717) is 21.6 Å². The molecule has 0 radical (unpaired) electrons. The largest absolute Gasteiger partial charge is 0.347 e. The van der Waals surface area contributed by atoms with Crippen LogP contribution in [0.4, 0.5) is 11.5 Å². The first kappa shape index (κ1) is 16.5. The van der Waals surface area contributed by atoms with Gasteiger partial charge in [0.25, 0.3) is 0 Å². The van der Waals surface area contributed by atoms with Crippen molar-refractivity contribution in [3.8, 4) is 0 Å². The molecule has 0 saturated heterocycles. The van der Waals surface area contributed by atoms with Crippen molar-refractivity contribution in [2.24, 2.45) is 0 Å². The number of hydrogen-bond acceptors (Lipinski definition) is 4. The molecule has 0 aliphatic carbocycles. The van der Waals surface area contributed by atoms with Gasteiger partial charge in [0.05, 0.1) is 21.2 Å². The van der Waals surface area contributed by atoms with Gasteiger partial charge < -0.3 is 14.8 Å². The second kappa shape index (κ2) is 6.67. The fourth-order valence-corrected chi connectivity index (χ4v) is 2.76. The molecule has 1 N–H and O–H groups in total. The molecular weight excluding hydrogens is 349 g/mol. The van der Waals surface area contributed by atoms with Crippen LogP contribution in [0.15, 0.2) is 36.9 Å². The van der Waals surface area contributed by atoms with E-state index in [4.69, 9.17) is 23.2 Å². The average Bonchev–Trinajstić information content (AvgIpc) is 2.95. The molecular formula is C16H15Cl2N5O. The minimum Gasteiger partial charge on any atom is -0.347 e. The van der Waals surface area contributed by atoms with E-state index in [-0.39, 0.29) is 12.5 Å². The molecule has 124 valence electrons. The lowest BCUT2D eigenvalue weighted by Crippen LogP contribution is -2.25. The van der Waals surface area contributed by atoms with Crippen molar-refractivity contribution in [3.05, 3.63) is 47.0 Å². The molecule has 0 aliphatic heterocycles. The van der Waals surface area contributed by atoms with Crippen molar-refractivity contribution in [2.45, 2.75) is 6.54 Å². The lowest BCUT2D eigenvalue weighted by Gasteiger charge is -2.12. The van der Waals surface area contributed by atoms with E-state index >= 15 is 0 Å². The first-order valence-electron chi connectivity index (χ1n) is 7.17. The van der Waals surface area contributed by atoms with Gasteiger partial charge in [0.2, 0.25) is 5.91 Å². The molecule has 6 nitrogen and oxygen atoms in total. The number of amides is 1. The summed E-state index contributed by atoms with van der Waals surface area (Å²) in [5.41, 5.74) is 1.44. The molecule has 0 bridgehead atoms. The van der Waals surface area contributed by atoms with E-state index in [1.54, 1.807) is 25.2 Å². The minimum absolute atomic E-state index is 0.0130. The quantitative estimate of drug-likeness (QED) is 0.769. The number of halogens is 2. The van der Waals surface area contributed by atoms with Crippen LogP contribution >= 0.6 is 23.2 Å². The summed E-state index contributed by atoms with van der Waals surface area (Å²) in [5, 5.41) is 4.83. The Bertz CT molecular complexity index is 886. The molecule has 0 aromatic carbocycles. The predicted molar refractivity (Wildman–Crippen MR) is 96.0 cm³/mol. The van der Waals surface area contributed by atoms with Gasteiger partial charge in [-0.1, -0.05) is 23.2 Å². The molecule has 24 heavy (non-hydrogen) atoms. The van der Waals surface area contributed by atoms with Gasteiger partial charge in [-0.15, -0.1) is 0 Å². The van der Waals surface area contributed by atoms with Crippen molar-refractivity contribution in [1.29, 1.82) is 0 Å². The highest BCUT2D eigenvalue weighted by Gasteiger charge is 2.13. The maximum absolute atomic E-state index is 12.0. The van der Waals surface area contributed by atoms with Crippen LogP contribution in [0, 0.1) is 0 Å². The van der Waals surface area contributed by atoms with Gasteiger partial charge in [-0.05, 0) is 12.1 Å². The third-order valence-electron chi connectivity index (χ3n) is 3.60. The Morgan fingerprint density at radius 3 is 2.62 bits per heavy atom. The van der Waals surface area contributed by atoms with E-state index in [2.05, 4.69) is 15.3 Å². The molecule has 0 atom stereocenters. The van der Waals surface area contributed by atoms with Crippen LogP contribution < -0.4 is 5.32 Å². The van der Waals surface area contributed by atoms with Crippen molar-refractivity contribution in [2.75, 3.05) is 19.4 Å². The molecule has 8 heteroatoms. The van der Waals surface area contributed by atoms with E-state index < -0.39 is 0 Å². The number of aromatic nitrogens is 3. The van der Waals surface area contributed by atoms with Gasteiger partial charge in [-0.25, -0.2) is 4.98 Å². The Balaban J connectivity index is 1.99. The number of nitrogens with one attached hydrogen (secondary N) is 1. The minimum atomic E-state index is 0.0130. The SMILES string of the molecule is CN(C)C(=O)Cn1ccc2c(Nc3c(Cl)cncc3Cl)nccc21. The van der Waals surface area contributed by atoms with Crippen LogP contribution in [0.25, 0.3) is 10.9 Å². The molecule has 3 heterocycles. The summed E-state index contributed by atoms with van der Waals surface area (Å²) < 4.78 is 1.88. The Labute approximate surface area is 149 Å². The van der Waals surface area contributed by atoms with Crippen LogP contribution in [0.2, 0.25) is 10.0 Å². The van der Waals surface area contributed by atoms with Crippen LogP contribution in [0.5, 0.6) is 0 Å². The van der Waals surface area contributed by atoms with Gasteiger partial charge in [-0.3, -0.25) is 9.78 Å². The summed E-state index contributed by atoms with van der Waals surface area (Å²) in [7, 11) is 3.46. The van der Waals surface area contributed by atoms with Crippen LogP contribution in [-0.2, 0) is 11.3 Å². The molecule has 0 spiro atoms. The zero-order valence-electron chi connectivity index (χ0n) is 13.1. The van der Waals surface area contributed by atoms with Gasteiger partial charge in [-0.2, -0.15) is 0 Å². The number of fused-ring (bicyclic) bond motifs is 1. The summed E-state index contributed by atoms with van der Waals surface area (Å²) in [6, 6.07) is 3.76. The summed E-state index contributed by atoms with van der Waals surface area (Å²) >= 11 is 12.3. The number of likely N-dealkylation sites (N-methyl/N-ethyl adjacent to an activating group) is 1. The van der Waals surface area contributed by atoms with Gasteiger partial charge >= 0.3 is 0 Å². The highest BCUT2D eigenvalue weighted by molar-refractivity contribution is 6.39. The fraction of sp³-hybridized carbons (Fsp3) is 0.188. The summed E-state index contributed by atoms with van der Waals surface area (Å²) in [6.07, 6.45) is 6.55. The Kier molecular flexibility index (Phi) is 4.59. The molecule has 3 aromatic heterocycles. The highest BCUT2D eigenvalue weighted by atomic mass is 35.5. The normalized spacial score (nSPS) is 10.8. The molecule has 0 fully saturated rings. The number of carbonyl (C=O) groups excluding carboxylic acids is 1. The second-order valence-electron chi connectivity index (χ2n) is 5.43. The van der Waals surface area contributed by atoms with Crippen LogP contribution in [0.1, 0.15) is 0 Å². The van der Waals surface area contributed by atoms with Gasteiger partial charge in [0.1, 0.15) is 12.4 Å².